The van der Waals surface area contributed by atoms with Crippen molar-refractivity contribution >= 4 is 6.41 Å². The van der Waals surface area contributed by atoms with Gasteiger partial charge in [0.05, 0.1) is 0 Å². The Balaban J connectivity index is 2.18. The first-order valence-corrected chi connectivity index (χ1v) is 3.85. The zero-order chi connectivity index (χ0) is 8.10. The lowest BCUT2D eigenvalue weighted by molar-refractivity contribution is 0.114. The Hall–Kier alpha value is -0.610. The summed E-state index contributed by atoms with van der Waals surface area (Å²) >= 11 is 0. The van der Waals surface area contributed by atoms with Crippen molar-refractivity contribution in [3.05, 3.63) is 0 Å². The maximum absolute atomic E-state index is 9.90. The predicted molar refractivity (Wildman–Crippen MR) is 40.2 cm³/mol. The molecule has 1 heterocycles. The van der Waals surface area contributed by atoms with Gasteiger partial charge >= 0.3 is 6.41 Å². The maximum atomic E-state index is 9.90. The van der Waals surface area contributed by atoms with Crippen molar-refractivity contribution in [2.24, 2.45) is 5.92 Å². The highest BCUT2D eigenvalue weighted by Gasteiger charge is 2.17. The van der Waals surface area contributed by atoms with Crippen LogP contribution in [-0.4, -0.2) is 36.2 Å². The van der Waals surface area contributed by atoms with Crippen molar-refractivity contribution in [2.45, 2.75) is 12.8 Å². The van der Waals surface area contributed by atoms with Gasteiger partial charge in [0.1, 0.15) is 0 Å². The van der Waals surface area contributed by atoms with Crippen LogP contribution in [0.5, 0.6) is 0 Å². The van der Waals surface area contributed by atoms with Gasteiger partial charge in [0.25, 0.3) is 0 Å². The monoisotopic (exact) mass is 157 g/mol. The van der Waals surface area contributed by atoms with Crippen molar-refractivity contribution in [3.63, 3.8) is 0 Å². The Bertz CT molecular complexity index is 122. The Morgan fingerprint density at radius 1 is 1.55 bits per heavy atom. The normalized spacial score (nSPS) is 21.5. The van der Waals surface area contributed by atoms with Gasteiger partial charge in [-0.1, -0.05) is 0 Å². The molecule has 0 aromatic carbocycles. The molecule has 1 fully saturated rings. The molecule has 1 radical (unpaired) electrons. The molecule has 0 aromatic rings. The summed E-state index contributed by atoms with van der Waals surface area (Å²) in [6, 6.07) is 0. The minimum atomic E-state index is 0.263. The molecule has 4 heteroatoms. The minimum Gasteiger partial charge on any atom is -0.396 e. The van der Waals surface area contributed by atoms with Gasteiger partial charge in [-0.25, -0.2) is 5.01 Å². The van der Waals surface area contributed by atoms with E-state index in [9.17, 15) is 4.79 Å². The summed E-state index contributed by atoms with van der Waals surface area (Å²) < 4.78 is 0. The topological polar surface area (TPSA) is 52.6 Å². The van der Waals surface area contributed by atoms with E-state index < -0.39 is 0 Å². The lowest BCUT2D eigenvalue weighted by atomic mass is 9.99. The van der Waals surface area contributed by atoms with Crippen LogP contribution in [0.1, 0.15) is 12.8 Å². The average Bonchev–Trinajstić information content (AvgIpc) is 2.07. The van der Waals surface area contributed by atoms with Gasteiger partial charge in [-0.15, -0.1) is 0 Å². The van der Waals surface area contributed by atoms with Gasteiger partial charge in [-0.2, -0.15) is 0 Å². The average molecular weight is 157 g/mol. The van der Waals surface area contributed by atoms with Gasteiger partial charge in [-0.3, -0.25) is 10.2 Å². The van der Waals surface area contributed by atoms with Crippen molar-refractivity contribution in [1.29, 1.82) is 0 Å². The van der Waals surface area contributed by atoms with Crippen LogP contribution < -0.4 is 5.43 Å². The van der Waals surface area contributed by atoms with E-state index in [1.807, 2.05) is 5.01 Å². The number of rotatable bonds is 3. The third kappa shape index (κ3) is 2.48. The SMILES string of the molecule is O=[C]NN1CCC(CO)CC1. The molecular weight excluding hydrogens is 144 g/mol. The molecule has 0 spiro atoms. The van der Waals surface area contributed by atoms with Gasteiger partial charge in [0.2, 0.25) is 0 Å². The molecule has 0 unspecified atom stereocenters. The number of hydrogen-bond donors (Lipinski definition) is 2. The number of aliphatic hydroxyl groups is 1. The number of aliphatic hydroxyl groups excluding tert-OH is 1. The molecule has 0 bridgehead atoms. The van der Waals surface area contributed by atoms with Crippen molar-refractivity contribution < 1.29 is 9.90 Å². The van der Waals surface area contributed by atoms with Crippen LogP contribution in [0, 0.1) is 5.92 Å². The Kier molecular flexibility index (Phi) is 3.32. The van der Waals surface area contributed by atoms with Gasteiger partial charge in [0, 0.05) is 19.7 Å². The lowest BCUT2D eigenvalue weighted by Gasteiger charge is -2.29. The summed E-state index contributed by atoms with van der Waals surface area (Å²) in [5, 5.41) is 10.6. The number of hydrogen-bond acceptors (Lipinski definition) is 3. The minimum absolute atomic E-state index is 0.263. The van der Waals surface area contributed by atoms with Crippen molar-refractivity contribution in [2.75, 3.05) is 19.7 Å². The first kappa shape index (κ1) is 8.49. The highest BCUT2D eigenvalue weighted by atomic mass is 16.3. The fraction of sp³-hybridized carbons (Fsp3) is 0.857. The fourth-order valence-corrected chi connectivity index (χ4v) is 1.29. The molecule has 2 N–H and O–H groups in total. The summed E-state index contributed by atoms with van der Waals surface area (Å²) in [5.41, 5.74) is 2.48. The molecule has 1 aliphatic heterocycles. The summed E-state index contributed by atoms with van der Waals surface area (Å²) in [7, 11) is 0. The maximum Gasteiger partial charge on any atom is 0.324 e. The number of nitrogens with zero attached hydrogens (tertiary/aromatic N) is 1. The van der Waals surface area contributed by atoms with Gasteiger partial charge < -0.3 is 5.11 Å². The molecule has 1 rings (SSSR count). The Morgan fingerprint density at radius 3 is 2.64 bits per heavy atom. The number of amides is 1. The molecule has 0 aromatic heterocycles. The van der Waals surface area contributed by atoms with E-state index in [1.165, 1.54) is 0 Å². The molecule has 63 valence electrons. The zero-order valence-corrected chi connectivity index (χ0v) is 6.42. The number of nitrogens with one attached hydrogen (secondary N) is 1. The number of piperidine rings is 1. The van der Waals surface area contributed by atoms with Crippen LogP contribution >= 0.6 is 0 Å². The summed E-state index contributed by atoms with van der Waals surface area (Å²) in [6.45, 7) is 1.90. The second kappa shape index (κ2) is 4.31. The molecule has 11 heavy (non-hydrogen) atoms. The molecule has 0 aliphatic carbocycles. The molecule has 1 saturated heterocycles. The fourth-order valence-electron chi connectivity index (χ4n) is 1.29. The van der Waals surface area contributed by atoms with Crippen LogP contribution in [0.25, 0.3) is 0 Å². The highest BCUT2D eigenvalue weighted by Crippen LogP contribution is 2.13. The zero-order valence-electron chi connectivity index (χ0n) is 6.42. The molecule has 1 amide bonds. The van der Waals surface area contributed by atoms with E-state index in [4.69, 9.17) is 5.11 Å². The molecular formula is C7H13N2O2. The predicted octanol–water partition coefficient (Wildman–Crippen LogP) is -0.738. The van der Waals surface area contributed by atoms with Crippen LogP contribution in [0.15, 0.2) is 0 Å². The van der Waals surface area contributed by atoms with E-state index in [0.29, 0.717) is 5.92 Å². The molecule has 0 saturated carbocycles. The second-order valence-corrected chi connectivity index (χ2v) is 2.83. The summed E-state index contributed by atoms with van der Waals surface area (Å²) in [5.74, 6) is 0.416. The van der Waals surface area contributed by atoms with Crippen LogP contribution in [-0.2, 0) is 4.79 Å². The second-order valence-electron chi connectivity index (χ2n) is 2.83. The molecule has 4 nitrogen and oxygen atoms in total. The summed E-state index contributed by atoms with van der Waals surface area (Å²) in [4.78, 5) is 9.90. The van der Waals surface area contributed by atoms with Crippen LogP contribution in [0.2, 0.25) is 0 Å². The molecule has 0 atom stereocenters. The number of hydrazine groups is 1. The van der Waals surface area contributed by atoms with E-state index >= 15 is 0 Å². The van der Waals surface area contributed by atoms with Crippen LogP contribution in [0.4, 0.5) is 0 Å². The lowest BCUT2D eigenvalue weighted by Crippen LogP contribution is -2.43. The Labute approximate surface area is 66.2 Å². The van der Waals surface area contributed by atoms with E-state index in [1.54, 1.807) is 6.41 Å². The van der Waals surface area contributed by atoms with E-state index in [2.05, 4.69) is 5.43 Å². The summed E-state index contributed by atoms with van der Waals surface area (Å²) in [6.07, 6.45) is 3.53. The third-order valence-corrected chi connectivity index (χ3v) is 2.08. The van der Waals surface area contributed by atoms with Crippen molar-refractivity contribution in [3.8, 4) is 0 Å². The van der Waals surface area contributed by atoms with Gasteiger partial charge in [0.15, 0.2) is 0 Å². The van der Waals surface area contributed by atoms with E-state index in [-0.39, 0.29) is 6.61 Å². The van der Waals surface area contributed by atoms with Crippen molar-refractivity contribution in [1.82, 2.24) is 10.4 Å². The van der Waals surface area contributed by atoms with Gasteiger partial charge in [-0.05, 0) is 18.8 Å². The first-order valence-electron chi connectivity index (χ1n) is 3.85. The standard InChI is InChI=1S/C7H13N2O2/c10-5-7-1-3-9(4-2-7)8-6-11/h7,10H,1-5H2,(H,8,11). The first-order chi connectivity index (χ1) is 5.36. The third-order valence-electron chi connectivity index (χ3n) is 2.08. The van der Waals surface area contributed by atoms with Crippen LogP contribution in [0.3, 0.4) is 0 Å². The highest BCUT2D eigenvalue weighted by molar-refractivity contribution is 5.46. The van der Waals surface area contributed by atoms with E-state index in [0.717, 1.165) is 25.9 Å². The quantitative estimate of drug-likeness (QED) is 0.531. The number of carbonyl (C=O) groups excluding carboxylic acids is 1. The smallest absolute Gasteiger partial charge is 0.324 e. The largest absolute Gasteiger partial charge is 0.396 e. The Morgan fingerprint density at radius 2 is 2.18 bits per heavy atom. The molecule has 1 aliphatic rings.